The van der Waals surface area contributed by atoms with Crippen molar-refractivity contribution < 1.29 is 9.53 Å². The smallest absolute Gasteiger partial charge is 0.163 e. The lowest BCUT2D eigenvalue weighted by Gasteiger charge is -2.29. The van der Waals surface area contributed by atoms with Gasteiger partial charge in [-0.3, -0.25) is 4.79 Å². The van der Waals surface area contributed by atoms with Crippen LogP contribution in [0.2, 0.25) is 0 Å². The van der Waals surface area contributed by atoms with Crippen molar-refractivity contribution in [2.75, 3.05) is 10.6 Å². The molecule has 2 aromatic carbocycles. The van der Waals surface area contributed by atoms with Gasteiger partial charge in [0.05, 0.1) is 23.5 Å². The van der Waals surface area contributed by atoms with Gasteiger partial charge in [-0.05, 0) is 67.5 Å². The molecular weight excluding hydrogens is 404 g/mol. The second-order valence-corrected chi connectivity index (χ2v) is 9.40. The Kier molecular flexibility index (Phi) is 5.28. The van der Waals surface area contributed by atoms with Crippen molar-refractivity contribution in [2.45, 2.75) is 44.8 Å². The molecule has 0 amide bonds. The van der Waals surface area contributed by atoms with E-state index in [0.717, 1.165) is 39.7 Å². The predicted molar refractivity (Wildman–Crippen MR) is 127 cm³/mol. The third-order valence-corrected chi connectivity index (χ3v) is 6.80. The Hall–Kier alpha value is -3.05. The predicted octanol–water partition coefficient (Wildman–Crippen LogP) is 6.51. The fraction of sp³-hybridized carbons (Fsp3) is 0.269. The van der Waals surface area contributed by atoms with E-state index in [4.69, 9.17) is 4.74 Å². The molecule has 2 atom stereocenters. The highest BCUT2D eigenvalue weighted by Gasteiger charge is 2.36. The van der Waals surface area contributed by atoms with Gasteiger partial charge in [0.15, 0.2) is 5.78 Å². The highest BCUT2D eigenvalue weighted by Crippen LogP contribution is 2.45. The molecule has 0 fully saturated rings. The summed E-state index contributed by atoms with van der Waals surface area (Å²) >= 11 is 1.68. The molecule has 1 aliphatic heterocycles. The van der Waals surface area contributed by atoms with Crippen molar-refractivity contribution in [3.8, 4) is 5.75 Å². The molecule has 2 N–H and O–H groups in total. The fourth-order valence-corrected chi connectivity index (χ4v) is 5.27. The molecule has 0 unspecified atom stereocenters. The molecule has 0 saturated carbocycles. The summed E-state index contributed by atoms with van der Waals surface area (Å²) in [5.74, 6) is 1.23. The van der Waals surface area contributed by atoms with Crippen LogP contribution in [0.5, 0.6) is 5.75 Å². The summed E-state index contributed by atoms with van der Waals surface area (Å²) in [5, 5.41) is 9.29. The summed E-state index contributed by atoms with van der Waals surface area (Å²) in [6, 6.07) is 20.4. The number of Topliss-reactive ketones (excluding diaryl/α,β-unsaturated/α-hetero) is 1. The minimum atomic E-state index is -0.124. The summed E-state index contributed by atoms with van der Waals surface area (Å²) in [7, 11) is 0. The van der Waals surface area contributed by atoms with Gasteiger partial charge >= 0.3 is 0 Å². The molecule has 2 aliphatic rings. The standard InChI is InChI=1S/C26H26N2O2S/c1-16(2)30-19-11-9-17(10-12-19)18-14-22-25(23(29)15-18)26(24-8-5-13-31-24)28-21-7-4-3-6-20(21)27-22/h3-13,16,18,26-28H,14-15H2,1-2H3/t18-,26+/m0/s1. The lowest BCUT2D eigenvalue weighted by atomic mass is 9.79. The van der Waals surface area contributed by atoms with E-state index in [9.17, 15) is 4.79 Å². The van der Waals surface area contributed by atoms with E-state index >= 15 is 0 Å². The lowest BCUT2D eigenvalue weighted by molar-refractivity contribution is -0.116. The van der Waals surface area contributed by atoms with Gasteiger partial charge in [-0.2, -0.15) is 0 Å². The molecule has 1 aromatic heterocycles. The maximum Gasteiger partial charge on any atom is 0.163 e. The van der Waals surface area contributed by atoms with E-state index in [0.29, 0.717) is 6.42 Å². The quantitative estimate of drug-likeness (QED) is 0.495. The molecular formula is C26H26N2O2S. The molecule has 0 saturated heterocycles. The second kappa shape index (κ2) is 8.23. The molecule has 2 heterocycles. The van der Waals surface area contributed by atoms with Crippen LogP contribution in [-0.2, 0) is 4.79 Å². The van der Waals surface area contributed by atoms with E-state index in [1.165, 1.54) is 5.56 Å². The number of anilines is 2. The van der Waals surface area contributed by atoms with Crippen LogP contribution in [0.3, 0.4) is 0 Å². The first kappa shape index (κ1) is 19.9. The third kappa shape index (κ3) is 3.98. The second-order valence-electron chi connectivity index (χ2n) is 8.42. The maximum atomic E-state index is 13.5. The number of fused-ring (bicyclic) bond motifs is 1. The number of para-hydroxylation sites is 2. The Morgan fingerprint density at radius 1 is 0.968 bits per heavy atom. The first-order chi connectivity index (χ1) is 15.1. The molecule has 0 radical (unpaired) electrons. The topological polar surface area (TPSA) is 50.4 Å². The lowest BCUT2D eigenvalue weighted by Crippen LogP contribution is -2.26. The Morgan fingerprint density at radius 3 is 2.45 bits per heavy atom. The van der Waals surface area contributed by atoms with Crippen LogP contribution in [0, 0.1) is 0 Å². The van der Waals surface area contributed by atoms with Gasteiger partial charge in [0.25, 0.3) is 0 Å². The molecule has 4 nitrogen and oxygen atoms in total. The number of hydrogen-bond acceptors (Lipinski definition) is 5. The number of carbonyl (C=O) groups excluding carboxylic acids is 1. The van der Waals surface area contributed by atoms with Crippen LogP contribution in [0.1, 0.15) is 49.1 Å². The van der Waals surface area contributed by atoms with Crippen LogP contribution < -0.4 is 15.4 Å². The molecule has 158 valence electrons. The average molecular weight is 431 g/mol. The highest BCUT2D eigenvalue weighted by molar-refractivity contribution is 7.10. The SMILES string of the molecule is CC(C)Oc1ccc([C@@H]2CC(=O)C3=C(C2)Nc2ccccc2N[C@@H]3c2cccs2)cc1. The zero-order valence-corrected chi connectivity index (χ0v) is 18.5. The number of allylic oxidation sites excluding steroid dienone is 1. The van der Waals surface area contributed by atoms with Crippen molar-refractivity contribution in [3.63, 3.8) is 0 Å². The Morgan fingerprint density at radius 2 is 1.74 bits per heavy atom. The van der Waals surface area contributed by atoms with E-state index in [-0.39, 0.29) is 23.8 Å². The van der Waals surface area contributed by atoms with Crippen LogP contribution >= 0.6 is 11.3 Å². The van der Waals surface area contributed by atoms with Crippen molar-refractivity contribution in [3.05, 3.63) is 87.8 Å². The molecule has 5 rings (SSSR count). The number of thiophene rings is 1. The summed E-state index contributed by atoms with van der Waals surface area (Å²) in [5.41, 5.74) is 5.11. The normalized spacial score (nSPS) is 20.4. The summed E-state index contributed by atoms with van der Waals surface area (Å²) < 4.78 is 5.78. The fourth-order valence-electron chi connectivity index (χ4n) is 4.49. The van der Waals surface area contributed by atoms with Gasteiger partial charge in [-0.1, -0.05) is 30.3 Å². The number of hydrogen-bond donors (Lipinski definition) is 2. The molecule has 5 heteroatoms. The van der Waals surface area contributed by atoms with Crippen LogP contribution in [0.15, 0.2) is 77.3 Å². The van der Waals surface area contributed by atoms with E-state index in [2.05, 4.69) is 46.3 Å². The van der Waals surface area contributed by atoms with Crippen molar-refractivity contribution in [1.29, 1.82) is 0 Å². The molecule has 0 spiro atoms. The minimum Gasteiger partial charge on any atom is -0.491 e. The first-order valence-electron chi connectivity index (χ1n) is 10.8. The molecule has 0 bridgehead atoms. The molecule has 31 heavy (non-hydrogen) atoms. The van der Waals surface area contributed by atoms with Gasteiger partial charge in [-0.25, -0.2) is 0 Å². The highest BCUT2D eigenvalue weighted by atomic mass is 32.1. The van der Waals surface area contributed by atoms with Crippen LogP contribution in [-0.4, -0.2) is 11.9 Å². The van der Waals surface area contributed by atoms with Crippen molar-refractivity contribution in [2.24, 2.45) is 0 Å². The van der Waals surface area contributed by atoms with Crippen LogP contribution in [0.4, 0.5) is 11.4 Å². The monoisotopic (exact) mass is 430 g/mol. The zero-order valence-electron chi connectivity index (χ0n) is 17.7. The van der Waals surface area contributed by atoms with E-state index in [1.54, 1.807) is 11.3 Å². The summed E-state index contributed by atoms with van der Waals surface area (Å²) in [4.78, 5) is 14.6. The number of rotatable bonds is 4. The van der Waals surface area contributed by atoms with Crippen molar-refractivity contribution in [1.82, 2.24) is 0 Å². The van der Waals surface area contributed by atoms with Crippen molar-refractivity contribution >= 4 is 28.5 Å². The minimum absolute atomic E-state index is 0.124. The molecule has 3 aromatic rings. The van der Waals surface area contributed by atoms with Gasteiger partial charge in [-0.15, -0.1) is 11.3 Å². The maximum absolute atomic E-state index is 13.5. The first-order valence-corrected chi connectivity index (χ1v) is 11.7. The van der Waals surface area contributed by atoms with Gasteiger partial charge < -0.3 is 15.4 Å². The zero-order chi connectivity index (χ0) is 21.4. The Bertz CT molecular complexity index is 1120. The number of ketones is 1. The summed E-state index contributed by atoms with van der Waals surface area (Å²) in [6.07, 6.45) is 1.47. The largest absolute Gasteiger partial charge is 0.491 e. The summed E-state index contributed by atoms with van der Waals surface area (Å²) in [6.45, 7) is 4.05. The van der Waals surface area contributed by atoms with E-state index in [1.807, 2.05) is 44.2 Å². The number of ether oxygens (including phenoxy) is 1. The van der Waals surface area contributed by atoms with Gasteiger partial charge in [0.2, 0.25) is 0 Å². The van der Waals surface area contributed by atoms with Crippen LogP contribution in [0.25, 0.3) is 0 Å². The number of carbonyl (C=O) groups is 1. The average Bonchev–Trinajstić information content (AvgIpc) is 3.22. The molecule has 1 aliphatic carbocycles. The van der Waals surface area contributed by atoms with Gasteiger partial charge in [0, 0.05) is 22.6 Å². The number of nitrogens with one attached hydrogen (secondary N) is 2. The number of benzene rings is 2. The third-order valence-electron chi connectivity index (χ3n) is 5.86. The Labute approximate surface area is 187 Å². The van der Waals surface area contributed by atoms with Gasteiger partial charge in [0.1, 0.15) is 5.75 Å². The Balaban J connectivity index is 1.50. The van der Waals surface area contributed by atoms with E-state index < -0.39 is 0 Å².